The third kappa shape index (κ3) is 5.16. The van der Waals surface area contributed by atoms with Gasteiger partial charge in [0.2, 0.25) is 0 Å². The fourth-order valence-electron chi connectivity index (χ4n) is 2.15. The summed E-state index contributed by atoms with van der Waals surface area (Å²) in [4.78, 5) is 20.0. The van der Waals surface area contributed by atoms with E-state index in [4.69, 9.17) is 4.52 Å². The molecule has 136 valence electrons. The molecule has 0 aliphatic carbocycles. The number of hydrogen-bond donors (Lipinski definition) is 2. The smallest absolute Gasteiger partial charge is 0.324 e. The molecule has 0 unspecified atom stereocenters. The number of amides is 2. The van der Waals surface area contributed by atoms with E-state index in [1.807, 2.05) is 32.9 Å². The number of nitrogens with one attached hydrogen (secondary N) is 2. The van der Waals surface area contributed by atoms with Crippen LogP contribution in [-0.2, 0) is 5.41 Å². The Morgan fingerprint density at radius 1 is 1.04 bits per heavy atom. The number of carbonyl (C=O) groups excluding carboxylic acids is 1. The third-order valence-electron chi connectivity index (χ3n) is 3.52. The monoisotopic (exact) mass is 361 g/mol. The van der Waals surface area contributed by atoms with Gasteiger partial charge in [-0.1, -0.05) is 43.8 Å². The van der Waals surface area contributed by atoms with Crippen molar-refractivity contribution in [1.29, 1.82) is 0 Å². The van der Waals surface area contributed by atoms with E-state index in [0.717, 1.165) is 5.56 Å². The molecular formula is C20H19N5O2. The molecule has 2 heterocycles. The summed E-state index contributed by atoms with van der Waals surface area (Å²) in [5.41, 5.74) is 1.91. The molecule has 0 saturated carbocycles. The largest absolute Gasteiger partial charge is 0.359 e. The number of rotatable bonds is 2. The van der Waals surface area contributed by atoms with E-state index in [2.05, 4.69) is 37.6 Å². The molecule has 0 bridgehead atoms. The quantitative estimate of drug-likeness (QED) is 0.677. The lowest BCUT2D eigenvalue weighted by Gasteiger charge is -2.12. The van der Waals surface area contributed by atoms with Gasteiger partial charge in [0.25, 0.3) is 0 Å². The van der Waals surface area contributed by atoms with Crippen molar-refractivity contribution in [3.05, 3.63) is 65.9 Å². The van der Waals surface area contributed by atoms with Crippen LogP contribution in [0.1, 0.15) is 37.7 Å². The topological polar surface area (TPSA) is 92.9 Å². The molecule has 2 N–H and O–H groups in total. The van der Waals surface area contributed by atoms with Gasteiger partial charge < -0.3 is 9.84 Å². The van der Waals surface area contributed by atoms with Crippen molar-refractivity contribution in [2.75, 3.05) is 10.6 Å². The van der Waals surface area contributed by atoms with Gasteiger partial charge in [-0.3, -0.25) is 5.32 Å². The Balaban J connectivity index is 1.65. The van der Waals surface area contributed by atoms with Gasteiger partial charge in [-0.05, 0) is 18.2 Å². The lowest BCUT2D eigenvalue weighted by Crippen LogP contribution is -2.19. The molecule has 7 nitrogen and oxygen atoms in total. The van der Waals surface area contributed by atoms with Crippen molar-refractivity contribution in [3.63, 3.8) is 0 Å². The highest BCUT2D eigenvalue weighted by Crippen LogP contribution is 2.24. The molecule has 7 heteroatoms. The summed E-state index contributed by atoms with van der Waals surface area (Å²) >= 11 is 0. The normalized spacial score (nSPS) is 10.6. The molecule has 0 saturated heterocycles. The van der Waals surface area contributed by atoms with Crippen LogP contribution < -0.4 is 10.6 Å². The minimum atomic E-state index is -0.412. The molecule has 2 aromatic heterocycles. The van der Waals surface area contributed by atoms with E-state index in [-0.39, 0.29) is 5.41 Å². The first kappa shape index (κ1) is 18.1. The number of aromatic nitrogens is 3. The van der Waals surface area contributed by atoms with Gasteiger partial charge >= 0.3 is 6.03 Å². The molecule has 0 radical (unpaired) electrons. The van der Waals surface area contributed by atoms with E-state index >= 15 is 0 Å². The van der Waals surface area contributed by atoms with Gasteiger partial charge in [-0.25, -0.2) is 14.8 Å². The fraction of sp³-hybridized carbons (Fsp3) is 0.200. The van der Waals surface area contributed by atoms with E-state index in [9.17, 15) is 4.79 Å². The van der Waals surface area contributed by atoms with E-state index in [1.54, 1.807) is 30.6 Å². The number of nitrogens with zero attached hydrogens (tertiary/aromatic N) is 3. The summed E-state index contributed by atoms with van der Waals surface area (Å²) in [6, 6.07) is 8.52. The average molecular weight is 361 g/mol. The summed E-state index contributed by atoms with van der Waals surface area (Å²) < 4.78 is 5.25. The van der Waals surface area contributed by atoms with Crippen molar-refractivity contribution >= 4 is 17.5 Å². The maximum absolute atomic E-state index is 12.2. The number of urea groups is 1. The van der Waals surface area contributed by atoms with Crippen LogP contribution in [0.2, 0.25) is 0 Å². The zero-order valence-electron chi connectivity index (χ0n) is 15.3. The maximum Gasteiger partial charge on any atom is 0.324 e. The molecule has 0 spiro atoms. The number of carbonyl (C=O) groups is 1. The first-order valence-corrected chi connectivity index (χ1v) is 8.32. The summed E-state index contributed by atoms with van der Waals surface area (Å²) in [7, 11) is 0. The molecule has 0 aliphatic rings. The van der Waals surface area contributed by atoms with Crippen LogP contribution in [0.4, 0.5) is 16.3 Å². The Morgan fingerprint density at radius 2 is 1.78 bits per heavy atom. The minimum absolute atomic E-state index is 0.180. The van der Waals surface area contributed by atoms with Crippen LogP contribution in [0.25, 0.3) is 0 Å². The molecule has 3 aromatic rings. The molecule has 27 heavy (non-hydrogen) atoms. The Kier molecular flexibility index (Phi) is 5.18. The zero-order chi connectivity index (χ0) is 19.3. The highest BCUT2D eigenvalue weighted by Gasteiger charge is 2.20. The van der Waals surface area contributed by atoms with Crippen LogP contribution in [0.5, 0.6) is 0 Å². The van der Waals surface area contributed by atoms with Gasteiger partial charge in [-0.2, -0.15) is 0 Å². The van der Waals surface area contributed by atoms with Gasteiger partial charge in [-0.15, -0.1) is 0 Å². The van der Waals surface area contributed by atoms with Crippen molar-refractivity contribution in [2.45, 2.75) is 26.2 Å². The predicted molar refractivity (Wildman–Crippen MR) is 102 cm³/mol. The lowest BCUT2D eigenvalue weighted by atomic mass is 9.93. The predicted octanol–water partition coefficient (Wildman–Crippen LogP) is 3.81. The standard InChI is InChI=1S/C20H19N5O2/c1-20(2,3)17-10-18(25-27-17)24-19(26)23-16-6-4-5-14(9-16)7-8-15-11-21-13-22-12-15/h4-6,9-13H,1-3H3,(H2,23,24,25,26). The van der Waals surface area contributed by atoms with Gasteiger partial charge in [0, 0.05) is 35.1 Å². The Labute approximate surface area is 157 Å². The van der Waals surface area contributed by atoms with Crippen molar-refractivity contribution in [2.24, 2.45) is 0 Å². The summed E-state index contributed by atoms with van der Waals surface area (Å²) in [6.45, 7) is 6.02. The lowest BCUT2D eigenvalue weighted by molar-refractivity contribution is 0.262. The number of hydrogen-bond acceptors (Lipinski definition) is 5. The summed E-state index contributed by atoms with van der Waals surface area (Å²) in [5, 5.41) is 9.27. The van der Waals surface area contributed by atoms with Crippen LogP contribution in [0.15, 0.2) is 53.6 Å². The molecule has 0 aliphatic heterocycles. The molecular weight excluding hydrogens is 342 g/mol. The fourth-order valence-corrected chi connectivity index (χ4v) is 2.15. The summed E-state index contributed by atoms with van der Waals surface area (Å²) in [6.07, 6.45) is 4.73. The molecule has 0 atom stereocenters. The van der Waals surface area contributed by atoms with Crippen LogP contribution in [0, 0.1) is 11.8 Å². The van der Waals surface area contributed by atoms with E-state index in [1.165, 1.54) is 6.33 Å². The van der Waals surface area contributed by atoms with Gasteiger partial charge in [0.1, 0.15) is 12.1 Å². The molecule has 1 aromatic carbocycles. The maximum atomic E-state index is 12.2. The highest BCUT2D eigenvalue weighted by molar-refractivity contribution is 5.99. The Hall–Kier alpha value is -3.66. The zero-order valence-corrected chi connectivity index (χ0v) is 15.3. The van der Waals surface area contributed by atoms with Crippen molar-refractivity contribution in [1.82, 2.24) is 15.1 Å². The van der Waals surface area contributed by atoms with Gasteiger partial charge in [0.15, 0.2) is 5.82 Å². The van der Waals surface area contributed by atoms with E-state index in [0.29, 0.717) is 22.8 Å². The summed E-state index contributed by atoms with van der Waals surface area (Å²) in [5.74, 6) is 7.04. The SMILES string of the molecule is CC(C)(C)c1cc(NC(=O)Nc2cccc(C#Cc3cncnc3)c2)no1. The van der Waals surface area contributed by atoms with Crippen LogP contribution in [-0.4, -0.2) is 21.2 Å². The first-order valence-electron chi connectivity index (χ1n) is 8.32. The molecule has 2 amide bonds. The minimum Gasteiger partial charge on any atom is -0.359 e. The average Bonchev–Trinajstić information content (AvgIpc) is 3.10. The van der Waals surface area contributed by atoms with Crippen molar-refractivity contribution < 1.29 is 9.32 Å². The second-order valence-electron chi connectivity index (χ2n) is 6.86. The second kappa shape index (κ2) is 7.70. The third-order valence-corrected chi connectivity index (χ3v) is 3.52. The first-order chi connectivity index (χ1) is 12.9. The second-order valence-corrected chi connectivity index (χ2v) is 6.86. The number of benzene rings is 1. The Bertz CT molecular complexity index is 994. The number of anilines is 2. The molecule has 0 fully saturated rings. The van der Waals surface area contributed by atoms with Gasteiger partial charge in [0.05, 0.1) is 5.56 Å². The Morgan fingerprint density at radius 3 is 2.48 bits per heavy atom. The van der Waals surface area contributed by atoms with Crippen LogP contribution >= 0.6 is 0 Å². The van der Waals surface area contributed by atoms with Crippen molar-refractivity contribution in [3.8, 4) is 11.8 Å². The molecule has 3 rings (SSSR count). The van der Waals surface area contributed by atoms with Crippen LogP contribution in [0.3, 0.4) is 0 Å². The van der Waals surface area contributed by atoms with E-state index < -0.39 is 6.03 Å². The highest BCUT2D eigenvalue weighted by atomic mass is 16.5.